The Labute approximate surface area is 122 Å². The first-order valence-corrected chi connectivity index (χ1v) is 6.65. The van der Waals surface area contributed by atoms with Crippen LogP contribution >= 0.6 is 11.6 Å². The van der Waals surface area contributed by atoms with Gasteiger partial charge in [0.2, 0.25) is 0 Å². The summed E-state index contributed by atoms with van der Waals surface area (Å²) in [5.41, 5.74) is 6.95. The van der Waals surface area contributed by atoms with Crippen LogP contribution in [0.1, 0.15) is 18.2 Å². The molecule has 3 N–H and O–H groups in total. The van der Waals surface area contributed by atoms with E-state index >= 15 is 0 Å². The Morgan fingerprint density at radius 3 is 2.70 bits per heavy atom. The van der Waals surface area contributed by atoms with Gasteiger partial charge in [-0.3, -0.25) is 10.4 Å². The largest absolute Gasteiger partial charge is 0.384 e. The predicted octanol–water partition coefficient (Wildman–Crippen LogP) is 2.44. The summed E-state index contributed by atoms with van der Waals surface area (Å²) in [7, 11) is 0. The molecule has 0 spiro atoms. The summed E-state index contributed by atoms with van der Waals surface area (Å²) in [5, 5.41) is 7.93. The molecule has 0 aliphatic heterocycles. The van der Waals surface area contributed by atoms with E-state index in [1.54, 1.807) is 18.5 Å². The van der Waals surface area contributed by atoms with Crippen molar-refractivity contribution >= 4 is 23.3 Å². The van der Waals surface area contributed by atoms with Crippen molar-refractivity contribution in [1.82, 2.24) is 9.97 Å². The van der Waals surface area contributed by atoms with Crippen molar-refractivity contribution in [2.45, 2.75) is 13.5 Å². The molecule has 0 saturated heterocycles. The normalized spacial score (nSPS) is 10.3. The van der Waals surface area contributed by atoms with Gasteiger partial charge >= 0.3 is 0 Å². The van der Waals surface area contributed by atoms with Crippen LogP contribution in [-0.4, -0.2) is 22.3 Å². The molecule has 0 radical (unpaired) electrons. The first kappa shape index (κ1) is 14.3. The maximum Gasteiger partial charge on any atom is 0.148 e. The second kappa shape index (κ2) is 6.34. The third-order valence-electron chi connectivity index (χ3n) is 2.92. The summed E-state index contributed by atoms with van der Waals surface area (Å²) in [4.78, 5) is 10.6. The van der Waals surface area contributed by atoms with Crippen LogP contribution in [0.2, 0.25) is 5.02 Å². The molecule has 0 aromatic carbocycles. The average Bonchev–Trinajstić information content (AvgIpc) is 2.46. The summed E-state index contributed by atoms with van der Waals surface area (Å²) in [6, 6.07) is 7.41. The molecule has 0 unspecified atom stereocenters. The van der Waals surface area contributed by atoms with Gasteiger partial charge in [-0.05, 0) is 25.1 Å². The zero-order valence-corrected chi connectivity index (χ0v) is 11.9. The fraction of sp³-hybridized carbons (Fsp3) is 0.214. The maximum atomic E-state index is 7.53. The molecule has 0 atom stereocenters. The number of amidine groups is 1. The number of halogens is 1. The number of hydrogen-bond donors (Lipinski definition) is 2. The van der Waals surface area contributed by atoms with Crippen LogP contribution in [0.5, 0.6) is 0 Å². The lowest BCUT2D eigenvalue weighted by Crippen LogP contribution is -2.25. The second-order valence-corrected chi connectivity index (χ2v) is 4.62. The van der Waals surface area contributed by atoms with E-state index in [9.17, 15) is 0 Å². The van der Waals surface area contributed by atoms with Gasteiger partial charge < -0.3 is 10.6 Å². The van der Waals surface area contributed by atoms with Crippen LogP contribution in [0.4, 0.5) is 5.82 Å². The Kier molecular flexibility index (Phi) is 4.53. The zero-order valence-electron chi connectivity index (χ0n) is 11.2. The van der Waals surface area contributed by atoms with Gasteiger partial charge in [0.25, 0.3) is 0 Å². The van der Waals surface area contributed by atoms with E-state index in [1.165, 1.54) is 0 Å². The zero-order chi connectivity index (χ0) is 14.5. The topological polar surface area (TPSA) is 78.9 Å². The Hall–Kier alpha value is -2.14. The van der Waals surface area contributed by atoms with E-state index in [1.807, 2.05) is 30.0 Å². The molecular formula is C14H16ClN5. The Morgan fingerprint density at radius 2 is 2.10 bits per heavy atom. The number of hydrogen-bond acceptors (Lipinski definition) is 4. The summed E-state index contributed by atoms with van der Waals surface area (Å²) in [6.07, 6.45) is 3.36. The van der Waals surface area contributed by atoms with E-state index in [4.69, 9.17) is 22.7 Å². The molecule has 0 aliphatic carbocycles. The van der Waals surface area contributed by atoms with Crippen molar-refractivity contribution < 1.29 is 0 Å². The molecule has 20 heavy (non-hydrogen) atoms. The van der Waals surface area contributed by atoms with Gasteiger partial charge in [-0.15, -0.1) is 0 Å². The van der Waals surface area contributed by atoms with Gasteiger partial charge in [0, 0.05) is 24.5 Å². The van der Waals surface area contributed by atoms with Gasteiger partial charge in [-0.1, -0.05) is 17.7 Å². The van der Waals surface area contributed by atoms with Crippen molar-refractivity contribution in [2.75, 3.05) is 11.4 Å². The minimum absolute atomic E-state index is 0.0625. The van der Waals surface area contributed by atoms with Gasteiger partial charge in [-0.2, -0.15) is 0 Å². The number of nitrogens with two attached hydrogens (primary N) is 1. The lowest BCUT2D eigenvalue weighted by molar-refractivity contribution is 0.794. The Bertz CT molecular complexity index is 600. The van der Waals surface area contributed by atoms with E-state index in [0.29, 0.717) is 22.9 Å². The molecule has 0 amide bonds. The van der Waals surface area contributed by atoms with Crippen molar-refractivity contribution in [1.29, 1.82) is 5.41 Å². The number of nitrogen functional groups attached to an aromatic ring is 1. The van der Waals surface area contributed by atoms with E-state index in [0.717, 1.165) is 12.2 Å². The van der Waals surface area contributed by atoms with E-state index in [-0.39, 0.29) is 5.84 Å². The van der Waals surface area contributed by atoms with Crippen LogP contribution in [0, 0.1) is 5.41 Å². The highest BCUT2D eigenvalue weighted by Gasteiger charge is 2.15. The minimum atomic E-state index is -0.0625. The fourth-order valence-corrected chi connectivity index (χ4v) is 2.22. The number of rotatable bonds is 5. The lowest BCUT2D eigenvalue weighted by atomic mass is 10.2. The second-order valence-electron chi connectivity index (χ2n) is 4.25. The molecular weight excluding hydrogens is 274 g/mol. The van der Waals surface area contributed by atoms with Crippen LogP contribution < -0.4 is 10.6 Å². The maximum absolute atomic E-state index is 7.53. The third kappa shape index (κ3) is 3.05. The third-order valence-corrected chi connectivity index (χ3v) is 3.29. The number of nitrogens with zero attached hydrogens (tertiary/aromatic N) is 3. The standard InChI is InChI=1S/C14H16ClN5/c1-2-20(9-10-5-3-4-7-18-10)14-12(15)11(13(16)17)6-8-19-14/h3-8H,2,9H2,1H3,(H3,16,17). The summed E-state index contributed by atoms with van der Waals surface area (Å²) in [6.45, 7) is 3.34. The van der Waals surface area contributed by atoms with Crippen LogP contribution in [0.15, 0.2) is 36.7 Å². The lowest BCUT2D eigenvalue weighted by Gasteiger charge is -2.23. The van der Waals surface area contributed by atoms with Crippen LogP contribution in [-0.2, 0) is 6.54 Å². The van der Waals surface area contributed by atoms with Gasteiger partial charge in [-0.25, -0.2) is 4.98 Å². The molecule has 2 heterocycles. The highest BCUT2D eigenvalue weighted by molar-refractivity contribution is 6.36. The monoisotopic (exact) mass is 289 g/mol. The number of anilines is 1. The molecule has 6 heteroatoms. The molecule has 2 aromatic heterocycles. The highest BCUT2D eigenvalue weighted by Crippen LogP contribution is 2.27. The first-order valence-electron chi connectivity index (χ1n) is 6.27. The molecule has 2 aromatic rings. The van der Waals surface area contributed by atoms with Crippen LogP contribution in [0.25, 0.3) is 0 Å². The summed E-state index contributed by atoms with van der Waals surface area (Å²) >= 11 is 6.30. The van der Waals surface area contributed by atoms with Gasteiger partial charge in [0.1, 0.15) is 11.7 Å². The molecule has 2 rings (SSSR count). The minimum Gasteiger partial charge on any atom is -0.384 e. The predicted molar refractivity (Wildman–Crippen MR) is 81.2 cm³/mol. The molecule has 0 saturated carbocycles. The Morgan fingerprint density at radius 1 is 1.30 bits per heavy atom. The smallest absolute Gasteiger partial charge is 0.148 e. The van der Waals surface area contributed by atoms with Crippen molar-refractivity contribution in [3.05, 3.63) is 52.9 Å². The number of aromatic nitrogens is 2. The number of nitrogens with one attached hydrogen (secondary N) is 1. The molecule has 0 aliphatic rings. The summed E-state index contributed by atoms with van der Waals surface area (Å²) < 4.78 is 0. The number of pyridine rings is 2. The van der Waals surface area contributed by atoms with Gasteiger partial charge in [0.05, 0.1) is 17.3 Å². The van der Waals surface area contributed by atoms with Crippen molar-refractivity contribution in [3.63, 3.8) is 0 Å². The van der Waals surface area contributed by atoms with E-state index < -0.39 is 0 Å². The molecule has 104 valence electrons. The van der Waals surface area contributed by atoms with Crippen LogP contribution in [0.3, 0.4) is 0 Å². The van der Waals surface area contributed by atoms with Crippen molar-refractivity contribution in [3.8, 4) is 0 Å². The first-order chi connectivity index (χ1) is 9.63. The quantitative estimate of drug-likeness (QED) is 0.654. The van der Waals surface area contributed by atoms with Gasteiger partial charge in [0.15, 0.2) is 0 Å². The molecule has 0 fully saturated rings. The average molecular weight is 290 g/mol. The SMILES string of the molecule is CCN(Cc1ccccn1)c1nccc(C(=N)N)c1Cl. The highest BCUT2D eigenvalue weighted by atomic mass is 35.5. The fourth-order valence-electron chi connectivity index (χ4n) is 1.88. The summed E-state index contributed by atoms with van der Waals surface area (Å²) in [5.74, 6) is 0.556. The Balaban J connectivity index is 2.33. The molecule has 0 bridgehead atoms. The van der Waals surface area contributed by atoms with Crippen molar-refractivity contribution in [2.24, 2.45) is 5.73 Å². The molecule has 5 nitrogen and oxygen atoms in total. The van der Waals surface area contributed by atoms with E-state index in [2.05, 4.69) is 9.97 Å².